The zero-order valence-corrected chi connectivity index (χ0v) is 78.9. The molecule has 0 saturated heterocycles. The van der Waals surface area contributed by atoms with Gasteiger partial charge in [0.15, 0.2) is 0 Å². The number of amides is 12. The van der Waals surface area contributed by atoms with Crippen molar-refractivity contribution in [2.24, 2.45) is 0 Å². The summed E-state index contributed by atoms with van der Waals surface area (Å²) in [6, 6.07) is 23.2. The number of benzene rings is 6. The van der Waals surface area contributed by atoms with Crippen molar-refractivity contribution in [2.45, 2.75) is 275 Å². The fourth-order valence-electron chi connectivity index (χ4n) is 18.6. The van der Waals surface area contributed by atoms with E-state index in [1.807, 2.05) is 15.0 Å². The number of carbonyl (C=O) groups excluding carboxylic acids is 12. The second kappa shape index (κ2) is 41.9. The van der Waals surface area contributed by atoms with E-state index in [0.29, 0.717) is 108 Å². The van der Waals surface area contributed by atoms with Crippen molar-refractivity contribution < 1.29 is 57.5 Å². The number of halogens is 1. The number of carbonyl (C=O) groups is 12. The van der Waals surface area contributed by atoms with Gasteiger partial charge in [-0.05, 0) is 121 Å². The second-order valence-electron chi connectivity index (χ2n) is 33.8. The predicted octanol–water partition coefficient (Wildman–Crippen LogP) is 24.2. The molecule has 2 aromatic heterocycles. The van der Waals surface area contributed by atoms with Gasteiger partial charge in [0, 0.05) is 147 Å². The number of nitrogens with zero attached hydrogens (tertiary/aromatic N) is 6. The zero-order chi connectivity index (χ0) is 86.5. The van der Waals surface area contributed by atoms with E-state index in [1.165, 1.54) is 84.1 Å². The Hall–Kier alpha value is -8.38. The minimum atomic E-state index is -2.06. The van der Waals surface area contributed by atoms with Crippen LogP contribution in [0.1, 0.15) is 384 Å². The van der Waals surface area contributed by atoms with Crippen LogP contribution in [-0.4, -0.2) is 158 Å². The van der Waals surface area contributed by atoms with Crippen LogP contribution in [0.3, 0.4) is 0 Å². The standard InChI is InChI=1S/C56H60N4O8S.C26H29BrN2O4.C5H5S.3C4H9.Sn/c1-5-9-13-17-27-57-49(61)33-21-23-35-45-43(33)39(53(57)65)31-37(47(45)55(67)59(51(35)63)29-19-15-11-7-3)41-25-26-42(69-41)38-32-40-44-34(50(62)58(54(40)66)28-18-14-10-6-2)22-24-36-46(44)48(38)56(68)60(52(36)64)30-20-16-12-8-4;1-3-5-7-9-13-28-23(30)16-11-12-17-21-20(16)18(25(28)32)15-19(27)22(21)26(33)29(24(17)31)14-10-8-6-4-2;1-5-3-2-4-6-5;3*1-3-4-2;/h21-26,31-32H,5-20,27-30H2,1-4H3;11-12,15H,3-10,13-14H2,1-2H3;2-3H,1H3;3*1,3-4H2,2H3;. The maximum absolute atomic E-state index is 14.9. The number of hydrogen-bond donors (Lipinski definition) is 0. The summed E-state index contributed by atoms with van der Waals surface area (Å²) in [5.74, 6) is -5.31. The van der Waals surface area contributed by atoms with Crippen molar-refractivity contribution in [3.05, 3.63) is 155 Å². The van der Waals surface area contributed by atoms with Crippen molar-refractivity contribution in [3.63, 3.8) is 0 Å². The van der Waals surface area contributed by atoms with Gasteiger partial charge in [-0.2, -0.15) is 0 Å². The Morgan fingerprint density at radius 2 is 0.496 bits per heavy atom. The molecule has 642 valence electrons. The van der Waals surface area contributed by atoms with E-state index in [4.69, 9.17) is 0 Å². The summed E-state index contributed by atoms with van der Waals surface area (Å²) in [6.07, 6.45) is 29.8. The fourth-order valence-corrected chi connectivity index (χ4v) is 40.7. The van der Waals surface area contributed by atoms with Gasteiger partial charge in [-0.3, -0.25) is 86.9 Å². The fraction of sp³-hybridized carbons (Fsp3) is 0.495. The predicted molar refractivity (Wildman–Crippen MR) is 492 cm³/mol. The molecule has 0 saturated carbocycles. The summed E-state index contributed by atoms with van der Waals surface area (Å²) >= 11 is 4.83. The van der Waals surface area contributed by atoms with Crippen molar-refractivity contribution >= 4 is 163 Å². The molecule has 0 unspecified atom stereocenters. The van der Waals surface area contributed by atoms with Gasteiger partial charge in [0.2, 0.25) is 0 Å². The van der Waals surface area contributed by atoms with E-state index in [9.17, 15) is 57.5 Å². The first-order valence-corrected chi connectivity index (χ1v) is 55.4. The molecule has 0 N–H and O–H groups in total. The van der Waals surface area contributed by atoms with Crippen LogP contribution in [0, 0.1) is 6.92 Å². The molecule has 121 heavy (non-hydrogen) atoms. The molecule has 6 aliphatic heterocycles. The van der Waals surface area contributed by atoms with Crippen LogP contribution in [0.15, 0.2) is 83.3 Å². The molecule has 0 bridgehead atoms. The van der Waals surface area contributed by atoms with Crippen LogP contribution < -0.4 is 2.89 Å². The monoisotopic (exact) mass is 1850 g/mol. The molecule has 18 nitrogen and oxygen atoms in total. The van der Waals surface area contributed by atoms with Gasteiger partial charge in [0.1, 0.15) is 0 Å². The van der Waals surface area contributed by atoms with E-state index in [-0.39, 0.29) is 105 Å². The van der Waals surface area contributed by atoms with Crippen LogP contribution in [0.4, 0.5) is 0 Å². The molecule has 8 heterocycles. The number of thiophene rings is 2. The Kier molecular flexibility index (Phi) is 31.8. The molecule has 8 aromatic rings. The molecule has 0 atom stereocenters. The Morgan fingerprint density at radius 3 is 0.769 bits per heavy atom. The number of unbranched alkanes of at least 4 members (excludes halogenated alkanes) is 21. The van der Waals surface area contributed by atoms with Crippen LogP contribution in [0.25, 0.3) is 53.2 Å². The third kappa shape index (κ3) is 18.5. The second-order valence-corrected chi connectivity index (χ2v) is 51.2. The van der Waals surface area contributed by atoms with Gasteiger partial charge in [0.25, 0.3) is 70.9 Å². The summed E-state index contributed by atoms with van der Waals surface area (Å²) in [5, 5.41) is 2.02. The first-order chi connectivity index (χ1) is 58.6. The van der Waals surface area contributed by atoms with E-state index in [2.05, 4.69) is 109 Å². The van der Waals surface area contributed by atoms with Crippen molar-refractivity contribution in [1.29, 1.82) is 0 Å². The first kappa shape index (κ1) is 91.8. The number of hydrogen-bond acceptors (Lipinski definition) is 14. The molecular weight excluding hydrogens is 1730 g/mol. The van der Waals surface area contributed by atoms with Crippen LogP contribution in [-0.2, 0) is 0 Å². The molecule has 0 fully saturated rings. The summed E-state index contributed by atoms with van der Waals surface area (Å²) in [7, 11) is 0. The molecule has 0 radical (unpaired) electrons. The Morgan fingerprint density at radius 1 is 0.248 bits per heavy atom. The molecule has 6 aromatic carbocycles. The zero-order valence-electron chi connectivity index (χ0n) is 72.9. The normalized spacial score (nSPS) is 14.8. The molecular formula is C99H121BrN6O12S2Sn. The van der Waals surface area contributed by atoms with E-state index < -0.39 is 65.6 Å². The average Bonchev–Trinajstić information content (AvgIpc) is 1.49. The Balaban J connectivity index is 0.000000211. The van der Waals surface area contributed by atoms with Gasteiger partial charge in [0.05, 0.1) is 16.7 Å². The van der Waals surface area contributed by atoms with Crippen molar-refractivity contribution in [3.8, 4) is 20.9 Å². The average molecular weight is 1850 g/mol. The van der Waals surface area contributed by atoms with Gasteiger partial charge < -0.3 is 0 Å². The molecule has 0 spiro atoms. The third-order valence-corrected chi connectivity index (χ3v) is 46.3. The quantitative estimate of drug-likeness (QED) is 0.0198. The molecule has 0 aliphatic carbocycles. The Bertz CT molecular complexity index is 5130. The van der Waals surface area contributed by atoms with Gasteiger partial charge in [-0.25, -0.2) is 0 Å². The van der Waals surface area contributed by atoms with E-state index in [1.54, 1.807) is 67.9 Å². The maximum atomic E-state index is 14.9. The summed E-state index contributed by atoms with van der Waals surface area (Å²) < 4.78 is 7.16. The van der Waals surface area contributed by atoms with Crippen LogP contribution >= 0.6 is 38.6 Å². The third-order valence-electron chi connectivity index (χ3n) is 25.3. The summed E-state index contributed by atoms with van der Waals surface area (Å²) in [6.45, 7) is 23.5. The van der Waals surface area contributed by atoms with Crippen LogP contribution in [0.5, 0.6) is 0 Å². The molecule has 14 rings (SSSR count). The topological polar surface area (TPSA) is 224 Å². The molecule has 22 heteroatoms. The molecule has 6 aliphatic rings. The SMILES string of the molecule is CCCCCCN1C(=O)c2ccc3c4c(c(-c5ccc(-c6cc7c8c(ccc9c8c6C(=O)N(CCCCCC)C9=O)C(=O)N(CCCCCC)C7=O)s5)cc(c24)C1=O)C(=O)N(CCCCCC)C3=O.CCCCCCN1C(=O)c2ccc3c4c(c(Br)cc(c24)C1=O)C(=O)N(CCCCCC)C3=O.CCC[CH2][Sn]([CH2]CCC)([CH2]CCC)[c]1ccc(C)s1. The summed E-state index contributed by atoms with van der Waals surface area (Å²) in [4.78, 5) is 179. The van der Waals surface area contributed by atoms with E-state index >= 15 is 0 Å². The van der Waals surface area contributed by atoms with Crippen LogP contribution in [0.2, 0.25) is 13.3 Å². The first-order valence-electron chi connectivity index (χ1n) is 45.5. The van der Waals surface area contributed by atoms with Crippen molar-refractivity contribution in [2.75, 3.05) is 39.3 Å². The van der Waals surface area contributed by atoms with Gasteiger partial charge in [-0.1, -0.05) is 157 Å². The number of rotatable bonds is 42. The van der Waals surface area contributed by atoms with Gasteiger partial charge in [-0.15, -0.1) is 11.3 Å². The summed E-state index contributed by atoms with van der Waals surface area (Å²) in [5.41, 5.74) is 4.24. The van der Waals surface area contributed by atoms with Gasteiger partial charge >= 0.3 is 129 Å². The Labute approximate surface area is 734 Å². The number of imide groups is 6. The minimum absolute atomic E-state index is 0.204. The van der Waals surface area contributed by atoms with E-state index in [0.717, 1.165) is 128 Å². The van der Waals surface area contributed by atoms with Crippen molar-refractivity contribution in [1.82, 2.24) is 29.4 Å². The number of aryl methyl sites for hydroxylation is 1. The molecule has 12 amide bonds.